The molecule has 1 rings (SSSR count). The third-order valence-electron chi connectivity index (χ3n) is 1.49. The highest BCUT2D eigenvalue weighted by Crippen LogP contribution is 2.05. The van der Waals surface area contributed by atoms with Crippen LogP contribution in [0.1, 0.15) is 27.7 Å². The van der Waals surface area contributed by atoms with E-state index >= 15 is 0 Å². The summed E-state index contributed by atoms with van der Waals surface area (Å²) in [4.78, 5) is 0. The maximum atomic E-state index is 3.34. The van der Waals surface area contributed by atoms with E-state index in [2.05, 4.69) is 31.3 Å². The van der Waals surface area contributed by atoms with Crippen LogP contribution < -0.4 is 5.32 Å². The maximum Gasteiger partial charge on any atom is 0.0340 e. The second-order valence-corrected chi connectivity index (χ2v) is 3.14. The standard InChI is InChI=1S/C10H15N.C2H6/c1-9(2)8-11-10-6-4-3-5-7-10;1-2/h3-7,9,11H,8H2,1-2H3;1-2H3. The number of hydrogen-bond acceptors (Lipinski definition) is 1. The predicted molar refractivity (Wildman–Crippen MR) is 61.1 cm³/mol. The Morgan fingerprint density at radius 2 is 1.62 bits per heavy atom. The normalized spacial score (nSPS) is 9.00. The van der Waals surface area contributed by atoms with Gasteiger partial charge >= 0.3 is 0 Å². The van der Waals surface area contributed by atoms with Crippen LogP contribution in [0.25, 0.3) is 0 Å². The molecule has 0 saturated carbocycles. The van der Waals surface area contributed by atoms with Crippen molar-refractivity contribution in [3.8, 4) is 0 Å². The van der Waals surface area contributed by atoms with E-state index in [1.165, 1.54) is 5.69 Å². The lowest BCUT2D eigenvalue weighted by Gasteiger charge is -2.07. The summed E-state index contributed by atoms with van der Waals surface area (Å²) in [5.74, 6) is 0.704. The molecule has 1 heteroatoms. The molecule has 0 atom stereocenters. The van der Waals surface area contributed by atoms with Crippen LogP contribution in [0.5, 0.6) is 0 Å². The third kappa shape index (κ3) is 6.21. The summed E-state index contributed by atoms with van der Waals surface area (Å²) in [6, 6.07) is 10.3. The first-order chi connectivity index (χ1) is 6.29. The Labute approximate surface area is 82.2 Å². The SMILES string of the molecule is CC.CC(C)CNc1ccccc1. The van der Waals surface area contributed by atoms with Gasteiger partial charge in [0.1, 0.15) is 0 Å². The molecule has 0 bridgehead atoms. The summed E-state index contributed by atoms with van der Waals surface area (Å²) in [5, 5.41) is 3.34. The molecule has 0 unspecified atom stereocenters. The quantitative estimate of drug-likeness (QED) is 0.744. The highest BCUT2D eigenvalue weighted by molar-refractivity contribution is 5.42. The minimum Gasteiger partial charge on any atom is -0.385 e. The van der Waals surface area contributed by atoms with Crippen LogP contribution in [0.2, 0.25) is 0 Å². The van der Waals surface area contributed by atoms with Gasteiger partial charge in [-0.1, -0.05) is 45.9 Å². The van der Waals surface area contributed by atoms with Crippen LogP contribution in [-0.4, -0.2) is 6.54 Å². The fourth-order valence-corrected chi connectivity index (χ4v) is 0.878. The smallest absolute Gasteiger partial charge is 0.0340 e. The summed E-state index contributed by atoms with van der Waals surface area (Å²) in [5.41, 5.74) is 1.21. The van der Waals surface area contributed by atoms with E-state index in [1.54, 1.807) is 0 Å². The number of benzene rings is 1. The molecule has 13 heavy (non-hydrogen) atoms. The summed E-state index contributed by atoms with van der Waals surface area (Å²) in [7, 11) is 0. The molecule has 1 aromatic carbocycles. The molecule has 0 amide bonds. The Kier molecular flexibility index (Phi) is 7.08. The third-order valence-corrected chi connectivity index (χ3v) is 1.49. The van der Waals surface area contributed by atoms with Crippen molar-refractivity contribution < 1.29 is 0 Å². The molecule has 0 aliphatic carbocycles. The topological polar surface area (TPSA) is 12.0 Å². The molecule has 0 aliphatic rings. The molecule has 1 N–H and O–H groups in total. The van der Waals surface area contributed by atoms with Gasteiger partial charge in [0.2, 0.25) is 0 Å². The lowest BCUT2D eigenvalue weighted by atomic mass is 10.2. The Balaban J connectivity index is 0.000000671. The van der Waals surface area contributed by atoms with Crippen molar-refractivity contribution in [2.75, 3.05) is 11.9 Å². The largest absolute Gasteiger partial charge is 0.385 e. The molecule has 0 saturated heterocycles. The van der Waals surface area contributed by atoms with Gasteiger partial charge in [-0.2, -0.15) is 0 Å². The number of para-hydroxylation sites is 1. The first-order valence-electron chi connectivity index (χ1n) is 5.08. The number of anilines is 1. The van der Waals surface area contributed by atoms with Crippen molar-refractivity contribution in [1.82, 2.24) is 0 Å². The van der Waals surface area contributed by atoms with Crippen LogP contribution in [0.4, 0.5) is 5.69 Å². The van der Waals surface area contributed by atoms with Crippen molar-refractivity contribution in [3.05, 3.63) is 30.3 Å². The van der Waals surface area contributed by atoms with Crippen LogP contribution in [0.3, 0.4) is 0 Å². The van der Waals surface area contributed by atoms with Crippen LogP contribution in [0.15, 0.2) is 30.3 Å². The highest BCUT2D eigenvalue weighted by Gasteiger charge is 1.92. The first kappa shape index (κ1) is 12.0. The zero-order valence-electron chi connectivity index (χ0n) is 9.17. The minimum atomic E-state index is 0.704. The van der Waals surface area contributed by atoms with E-state index in [-0.39, 0.29) is 0 Å². The summed E-state index contributed by atoms with van der Waals surface area (Å²) in [6.07, 6.45) is 0. The van der Waals surface area contributed by atoms with Crippen molar-refractivity contribution >= 4 is 5.69 Å². The Morgan fingerprint density at radius 3 is 2.08 bits per heavy atom. The van der Waals surface area contributed by atoms with Gasteiger partial charge in [-0.3, -0.25) is 0 Å². The van der Waals surface area contributed by atoms with Gasteiger partial charge in [-0.05, 0) is 18.1 Å². The summed E-state index contributed by atoms with van der Waals surface area (Å²) < 4.78 is 0. The first-order valence-corrected chi connectivity index (χ1v) is 5.08. The minimum absolute atomic E-state index is 0.704. The molecule has 0 heterocycles. The second kappa shape index (κ2) is 7.66. The van der Waals surface area contributed by atoms with Crippen molar-refractivity contribution in [2.24, 2.45) is 5.92 Å². The van der Waals surface area contributed by atoms with Gasteiger partial charge in [0.05, 0.1) is 0 Å². The Hall–Kier alpha value is -0.980. The van der Waals surface area contributed by atoms with E-state index in [0.717, 1.165) is 6.54 Å². The molecular formula is C12H21N. The lowest BCUT2D eigenvalue weighted by molar-refractivity contribution is 0.689. The maximum absolute atomic E-state index is 3.34. The van der Waals surface area contributed by atoms with E-state index in [0.29, 0.717) is 5.92 Å². The zero-order valence-corrected chi connectivity index (χ0v) is 9.17. The Morgan fingerprint density at radius 1 is 1.08 bits per heavy atom. The zero-order chi connectivity index (χ0) is 10.1. The highest BCUT2D eigenvalue weighted by atomic mass is 14.9. The lowest BCUT2D eigenvalue weighted by Crippen LogP contribution is -2.07. The second-order valence-electron chi connectivity index (χ2n) is 3.14. The van der Waals surface area contributed by atoms with Gasteiger partial charge < -0.3 is 5.32 Å². The van der Waals surface area contributed by atoms with Crippen LogP contribution in [-0.2, 0) is 0 Å². The molecule has 1 aromatic rings. The molecule has 0 aliphatic heterocycles. The number of rotatable bonds is 3. The van der Waals surface area contributed by atoms with Crippen molar-refractivity contribution in [1.29, 1.82) is 0 Å². The average molecular weight is 179 g/mol. The summed E-state index contributed by atoms with van der Waals surface area (Å²) >= 11 is 0. The summed E-state index contributed by atoms with van der Waals surface area (Å²) in [6.45, 7) is 9.45. The van der Waals surface area contributed by atoms with Gasteiger partial charge in [0.25, 0.3) is 0 Å². The van der Waals surface area contributed by atoms with E-state index < -0.39 is 0 Å². The van der Waals surface area contributed by atoms with Gasteiger partial charge in [-0.15, -0.1) is 0 Å². The molecule has 0 radical (unpaired) electrons. The molecular weight excluding hydrogens is 158 g/mol. The molecule has 0 fully saturated rings. The number of hydrogen-bond donors (Lipinski definition) is 1. The van der Waals surface area contributed by atoms with Gasteiger partial charge in [0.15, 0.2) is 0 Å². The monoisotopic (exact) mass is 179 g/mol. The van der Waals surface area contributed by atoms with E-state index in [4.69, 9.17) is 0 Å². The molecule has 0 aromatic heterocycles. The molecule has 0 spiro atoms. The predicted octanol–water partition coefficient (Wildman–Crippen LogP) is 3.78. The van der Waals surface area contributed by atoms with Crippen molar-refractivity contribution in [2.45, 2.75) is 27.7 Å². The molecule has 74 valence electrons. The van der Waals surface area contributed by atoms with E-state index in [9.17, 15) is 0 Å². The fraction of sp³-hybridized carbons (Fsp3) is 0.500. The van der Waals surface area contributed by atoms with Crippen LogP contribution >= 0.6 is 0 Å². The van der Waals surface area contributed by atoms with Crippen LogP contribution in [0, 0.1) is 5.92 Å². The Bertz CT molecular complexity index is 192. The fourth-order valence-electron chi connectivity index (χ4n) is 0.878. The van der Waals surface area contributed by atoms with Gasteiger partial charge in [0, 0.05) is 12.2 Å². The number of nitrogens with one attached hydrogen (secondary N) is 1. The van der Waals surface area contributed by atoms with E-state index in [1.807, 2.05) is 32.0 Å². The van der Waals surface area contributed by atoms with Crippen molar-refractivity contribution in [3.63, 3.8) is 0 Å². The van der Waals surface area contributed by atoms with Gasteiger partial charge in [-0.25, -0.2) is 0 Å². The average Bonchev–Trinajstić information content (AvgIpc) is 2.19. The molecule has 1 nitrogen and oxygen atoms in total.